The number of aromatic amines is 1. The van der Waals surface area contributed by atoms with Crippen molar-refractivity contribution in [2.24, 2.45) is 5.41 Å². The number of para-hydroxylation sites is 1. The summed E-state index contributed by atoms with van der Waals surface area (Å²) in [7, 11) is 0. The zero-order valence-electron chi connectivity index (χ0n) is 15.3. The molecule has 4 rings (SSSR count). The van der Waals surface area contributed by atoms with Gasteiger partial charge < -0.3 is 9.80 Å². The number of benzene rings is 1. The van der Waals surface area contributed by atoms with Gasteiger partial charge in [0.25, 0.3) is 0 Å². The first kappa shape index (κ1) is 17.0. The summed E-state index contributed by atoms with van der Waals surface area (Å²) >= 11 is 0. The average Bonchev–Trinajstić information content (AvgIpc) is 3.19. The lowest BCUT2D eigenvalue weighted by Gasteiger charge is -2.55. The van der Waals surface area contributed by atoms with Crippen LogP contribution >= 0.6 is 0 Å². The molecule has 0 radical (unpaired) electrons. The predicted molar refractivity (Wildman–Crippen MR) is 99.6 cm³/mol. The van der Waals surface area contributed by atoms with Gasteiger partial charge in [-0.2, -0.15) is 0 Å². The second kappa shape index (κ2) is 7.05. The van der Waals surface area contributed by atoms with Gasteiger partial charge in [0.1, 0.15) is 0 Å². The number of nitrogens with one attached hydrogen (secondary N) is 1. The molecule has 0 atom stereocenters. The molecule has 0 unspecified atom stereocenters. The van der Waals surface area contributed by atoms with E-state index in [1.807, 2.05) is 6.07 Å². The second-order valence-corrected chi connectivity index (χ2v) is 7.61. The standard InChI is InChI=1S/C19H26N6O/c1-2-3-8-17(26)24-11-9-19(10-12-24)13-25(14-19)16-7-5-4-6-15(16)18-20-22-23-21-18/h4-7H,2-3,8-14H2,1H3,(H,20,21,22,23). The number of piperidine rings is 1. The minimum atomic E-state index is 0.334. The van der Waals surface area contributed by atoms with Crippen molar-refractivity contribution in [1.82, 2.24) is 25.5 Å². The number of rotatable bonds is 5. The minimum absolute atomic E-state index is 0.334. The van der Waals surface area contributed by atoms with Gasteiger partial charge in [0, 0.05) is 49.3 Å². The van der Waals surface area contributed by atoms with Crippen LogP contribution in [0, 0.1) is 5.41 Å². The smallest absolute Gasteiger partial charge is 0.222 e. The first-order valence-electron chi connectivity index (χ1n) is 9.57. The van der Waals surface area contributed by atoms with Crippen LogP contribution in [0.15, 0.2) is 24.3 Å². The number of carbonyl (C=O) groups is 1. The van der Waals surface area contributed by atoms with Gasteiger partial charge in [-0.1, -0.05) is 25.5 Å². The van der Waals surface area contributed by atoms with Crippen molar-refractivity contribution in [3.05, 3.63) is 24.3 Å². The molecule has 1 aromatic carbocycles. The number of nitrogens with zero attached hydrogens (tertiary/aromatic N) is 5. The molecule has 1 amide bonds. The van der Waals surface area contributed by atoms with Crippen molar-refractivity contribution in [3.8, 4) is 11.4 Å². The third-order valence-corrected chi connectivity index (χ3v) is 5.82. The van der Waals surface area contributed by atoms with Crippen LogP contribution in [-0.2, 0) is 4.79 Å². The van der Waals surface area contributed by atoms with Crippen LogP contribution in [0.5, 0.6) is 0 Å². The van der Waals surface area contributed by atoms with Crippen LogP contribution in [0.1, 0.15) is 39.0 Å². The molecule has 26 heavy (non-hydrogen) atoms. The predicted octanol–water partition coefficient (Wildman–Crippen LogP) is 2.49. The van der Waals surface area contributed by atoms with Crippen LogP contribution in [0.25, 0.3) is 11.4 Å². The molecule has 1 N–H and O–H groups in total. The van der Waals surface area contributed by atoms with Gasteiger partial charge in [-0.25, -0.2) is 5.10 Å². The van der Waals surface area contributed by atoms with Crippen molar-refractivity contribution in [2.45, 2.75) is 39.0 Å². The lowest BCUT2D eigenvalue weighted by Crippen LogP contribution is -2.61. The number of unbranched alkanes of at least 4 members (excludes halogenated alkanes) is 1. The van der Waals surface area contributed by atoms with Crippen molar-refractivity contribution in [1.29, 1.82) is 0 Å². The van der Waals surface area contributed by atoms with Crippen molar-refractivity contribution in [3.63, 3.8) is 0 Å². The van der Waals surface area contributed by atoms with Gasteiger partial charge in [-0.15, -0.1) is 5.10 Å². The number of aromatic nitrogens is 4. The molecule has 1 spiro atoms. The third kappa shape index (κ3) is 3.18. The van der Waals surface area contributed by atoms with Crippen LogP contribution in [-0.4, -0.2) is 57.6 Å². The fourth-order valence-electron chi connectivity index (χ4n) is 4.19. The topological polar surface area (TPSA) is 78.0 Å². The Morgan fingerprint density at radius 3 is 2.69 bits per heavy atom. The molecule has 0 saturated carbocycles. The molecule has 1 aromatic heterocycles. The van der Waals surface area contributed by atoms with E-state index in [0.29, 0.717) is 23.6 Å². The van der Waals surface area contributed by atoms with Crippen molar-refractivity contribution in [2.75, 3.05) is 31.1 Å². The second-order valence-electron chi connectivity index (χ2n) is 7.61. The highest BCUT2D eigenvalue weighted by atomic mass is 16.2. The molecule has 2 aliphatic rings. The summed E-state index contributed by atoms with van der Waals surface area (Å²) in [5.74, 6) is 1.04. The molecular formula is C19H26N6O. The molecule has 7 nitrogen and oxygen atoms in total. The van der Waals surface area contributed by atoms with Crippen molar-refractivity contribution < 1.29 is 4.79 Å². The summed E-state index contributed by atoms with van der Waals surface area (Å²) in [5.41, 5.74) is 2.58. The Kier molecular flexibility index (Phi) is 4.61. The van der Waals surface area contributed by atoms with E-state index in [0.717, 1.165) is 57.4 Å². The van der Waals surface area contributed by atoms with Crippen LogP contribution in [0.4, 0.5) is 5.69 Å². The fraction of sp³-hybridized carbons (Fsp3) is 0.579. The largest absolute Gasteiger partial charge is 0.370 e. The Bertz CT molecular complexity index is 743. The fourth-order valence-corrected chi connectivity index (χ4v) is 4.19. The summed E-state index contributed by atoms with van der Waals surface area (Å²) in [5, 5.41) is 14.3. The molecular weight excluding hydrogens is 328 g/mol. The van der Waals surface area contributed by atoms with Crippen LogP contribution < -0.4 is 4.90 Å². The van der Waals surface area contributed by atoms with Crippen LogP contribution in [0.2, 0.25) is 0 Å². The highest BCUT2D eigenvalue weighted by Crippen LogP contribution is 2.44. The maximum atomic E-state index is 12.2. The SMILES string of the molecule is CCCCC(=O)N1CCC2(CC1)CN(c1ccccc1-c1nnn[nH]1)C2. The van der Waals surface area contributed by atoms with E-state index in [1.54, 1.807) is 0 Å². The zero-order chi connectivity index (χ0) is 18.0. The molecule has 2 fully saturated rings. The van der Waals surface area contributed by atoms with Crippen LogP contribution in [0.3, 0.4) is 0 Å². The first-order valence-corrected chi connectivity index (χ1v) is 9.57. The normalized spacial score (nSPS) is 18.8. The number of hydrogen-bond donors (Lipinski definition) is 1. The first-order chi connectivity index (χ1) is 12.7. The lowest BCUT2D eigenvalue weighted by molar-refractivity contribution is -0.133. The quantitative estimate of drug-likeness (QED) is 0.892. The Morgan fingerprint density at radius 2 is 2.00 bits per heavy atom. The van der Waals surface area contributed by atoms with Gasteiger partial charge in [-0.3, -0.25) is 4.79 Å². The number of anilines is 1. The summed E-state index contributed by atoms with van der Waals surface area (Å²) in [6.07, 6.45) is 5.00. The minimum Gasteiger partial charge on any atom is -0.370 e. The van der Waals surface area contributed by atoms with Gasteiger partial charge >= 0.3 is 0 Å². The summed E-state index contributed by atoms with van der Waals surface area (Å²) < 4.78 is 0. The number of hydrogen-bond acceptors (Lipinski definition) is 5. The van der Waals surface area contributed by atoms with Gasteiger partial charge in [0.2, 0.25) is 5.91 Å². The third-order valence-electron chi connectivity index (χ3n) is 5.82. The lowest BCUT2D eigenvalue weighted by atomic mass is 9.71. The Labute approximate surface area is 153 Å². The maximum Gasteiger partial charge on any atom is 0.222 e. The van der Waals surface area contributed by atoms with Gasteiger partial charge in [0.05, 0.1) is 0 Å². The number of tetrazole rings is 1. The average molecular weight is 354 g/mol. The molecule has 2 saturated heterocycles. The van der Waals surface area contributed by atoms with E-state index in [4.69, 9.17) is 0 Å². The van der Waals surface area contributed by atoms with E-state index in [-0.39, 0.29) is 0 Å². The van der Waals surface area contributed by atoms with E-state index < -0.39 is 0 Å². The van der Waals surface area contributed by atoms with E-state index in [2.05, 4.69) is 55.5 Å². The van der Waals surface area contributed by atoms with Gasteiger partial charge in [0.15, 0.2) is 5.82 Å². The summed E-state index contributed by atoms with van der Waals surface area (Å²) in [6, 6.07) is 8.26. The van der Waals surface area contributed by atoms with E-state index in [9.17, 15) is 4.79 Å². The molecule has 2 aromatic rings. The maximum absolute atomic E-state index is 12.2. The van der Waals surface area contributed by atoms with E-state index >= 15 is 0 Å². The molecule has 3 heterocycles. The number of amides is 1. The zero-order valence-corrected chi connectivity index (χ0v) is 15.3. The van der Waals surface area contributed by atoms with E-state index in [1.165, 1.54) is 5.69 Å². The highest BCUT2D eigenvalue weighted by molar-refractivity contribution is 5.76. The Hall–Kier alpha value is -2.44. The molecule has 2 aliphatic heterocycles. The number of H-pyrrole nitrogens is 1. The molecule has 138 valence electrons. The summed E-state index contributed by atoms with van der Waals surface area (Å²) in [6.45, 7) is 6.04. The number of carbonyl (C=O) groups excluding carboxylic acids is 1. The molecule has 0 bridgehead atoms. The molecule has 0 aliphatic carbocycles. The summed E-state index contributed by atoms with van der Waals surface area (Å²) in [4.78, 5) is 16.7. The van der Waals surface area contributed by atoms with Gasteiger partial charge in [-0.05, 0) is 41.8 Å². The number of likely N-dealkylation sites (tertiary alicyclic amines) is 1. The monoisotopic (exact) mass is 354 g/mol. The Balaban J connectivity index is 1.37. The molecule has 7 heteroatoms. The highest BCUT2D eigenvalue weighted by Gasteiger charge is 2.45. The Morgan fingerprint density at radius 1 is 1.23 bits per heavy atom. The van der Waals surface area contributed by atoms with Crippen molar-refractivity contribution >= 4 is 11.6 Å².